The Morgan fingerprint density at radius 2 is 1.96 bits per heavy atom. The molecule has 7 heteroatoms. The van der Waals surface area contributed by atoms with Crippen molar-refractivity contribution in [2.45, 2.75) is 30.7 Å². The zero-order valence-electron chi connectivity index (χ0n) is 15.3. The SMILES string of the molecule is CC(C)c1ccc(-c2ncc(CSc3nc4sccc4c(=O)n3C)s2)cc1. The van der Waals surface area contributed by atoms with Crippen LogP contribution in [-0.2, 0) is 12.8 Å². The monoisotopic (exact) mass is 413 g/mol. The minimum absolute atomic E-state index is 0.0129. The molecule has 0 N–H and O–H groups in total. The number of nitrogens with zero attached hydrogens (tertiary/aromatic N) is 3. The van der Waals surface area contributed by atoms with Crippen LogP contribution >= 0.6 is 34.4 Å². The van der Waals surface area contributed by atoms with Gasteiger partial charge in [0.15, 0.2) is 5.16 Å². The third kappa shape index (κ3) is 3.72. The molecular weight excluding hydrogens is 394 g/mol. The van der Waals surface area contributed by atoms with Crippen LogP contribution in [0.2, 0.25) is 0 Å². The number of hydrogen-bond acceptors (Lipinski definition) is 6. The first-order valence-corrected chi connectivity index (χ1v) is 11.3. The molecule has 0 saturated heterocycles. The lowest BCUT2D eigenvalue weighted by molar-refractivity contribution is 0.728. The lowest BCUT2D eigenvalue weighted by Gasteiger charge is -2.06. The molecule has 138 valence electrons. The van der Waals surface area contributed by atoms with Gasteiger partial charge < -0.3 is 0 Å². The van der Waals surface area contributed by atoms with Gasteiger partial charge in [-0.15, -0.1) is 22.7 Å². The summed E-state index contributed by atoms with van der Waals surface area (Å²) in [6, 6.07) is 10.5. The number of benzene rings is 1. The van der Waals surface area contributed by atoms with Crippen LogP contribution in [0.5, 0.6) is 0 Å². The van der Waals surface area contributed by atoms with Crippen molar-refractivity contribution in [2.24, 2.45) is 7.05 Å². The van der Waals surface area contributed by atoms with Crippen LogP contribution < -0.4 is 5.56 Å². The van der Waals surface area contributed by atoms with Crippen molar-refractivity contribution in [3.63, 3.8) is 0 Å². The van der Waals surface area contributed by atoms with E-state index < -0.39 is 0 Å². The molecule has 0 fully saturated rings. The Labute approximate surface area is 169 Å². The highest BCUT2D eigenvalue weighted by atomic mass is 32.2. The Hall–Kier alpha value is -1.96. The van der Waals surface area contributed by atoms with Crippen molar-refractivity contribution in [3.05, 3.63) is 62.7 Å². The van der Waals surface area contributed by atoms with E-state index in [1.165, 1.54) is 21.8 Å². The first-order valence-electron chi connectivity index (χ1n) is 8.65. The topological polar surface area (TPSA) is 47.8 Å². The van der Waals surface area contributed by atoms with Gasteiger partial charge in [0.25, 0.3) is 5.56 Å². The fourth-order valence-corrected chi connectivity index (χ4v) is 5.48. The van der Waals surface area contributed by atoms with Crippen LogP contribution in [0, 0.1) is 0 Å². The maximum atomic E-state index is 12.4. The highest BCUT2D eigenvalue weighted by molar-refractivity contribution is 7.98. The van der Waals surface area contributed by atoms with Gasteiger partial charge in [-0.05, 0) is 22.9 Å². The van der Waals surface area contributed by atoms with E-state index in [1.807, 2.05) is 17.6 Å². The maximum Gasteiger partial charge on any atom is 0.262 e. The van der Waals surface area contributed by atoms with Gasteiger partial charge in [-0.25, -0.2) is 9.97 Å². The molecule has 4 rings (SSSR count). The molecule has 27 heavy (non-hydrogen) atoms. The van der Waals surface area contributed by atoms with E-state index in [4.69, 9.17) is 0 Å². The van der Waals surface area contributed by atoms with Gasteiger partial charge in [0.1, 0.15) is 9.84 Å². The largest absolute Gasteiger partial charge is 0.290 e. The normalized spacial score (nSPS) is 11.6. The second kappa shape index (κ2) is 7.58. The summed E-state index contributed by atoms with van der Waals surface area (Å²) in [6.07, 6.45) is 1.92. The summed E-state index contributed by atoms with van der Waals surface area (Å²) in [5.41, 5.74) is 2.49. The first-order chi connectivity index (χ1) is 13.0. The standard InChI is InChI=1S/C20H19N3OS3/c1-12(2)13-4-6-14(7-5-13)17-21-10-15(27-17)11-26-20-22-18-16(8-9-25-18)19(24)23(20)3/h4-10,12H,11H2,1-3H3. The first kappa shape index (κ1) is 18.4. The van der Waals surface area contributed by atoms with E-state index >= 15 is 0 Å². The van der Waals surface area contributed by atoms with Gasteiger partial charge in [0.2, 0.25) is 0 Å². The number of thiazole rings is 1. The smallest absolute Gasteiger partial charge is 0.262 e. The summed E-state index contributed by atoms with van der Waals surface area (Å²) >= 11 is 4.77. The summed E-state index contributed by atoms with van der Waals surface area (Å²) < 4.78 is 1.63. The molecule has 0 aliphatic carbocycles. The van der Waals surface area contributed by atoms with Gasteiger partial charge in [-0.3, -0.25) is 9.36 Å². The predicted molar refractivity (Wildman–Crippen MR) is 116 cm³/mol. The minimum Gasteiger partial charge on any atom is -0.290 e. The van der Waals surface area contributed by atoms with Gasteiger partial charge in [0, 0.05) is 29.4 Å². The number of aromatic nitrogens is 3. The van der Waals surface area contributed by atoms with Crippen LogP contribution in [0.15, 0.2) is 51.9 Å². The molecule has 0 aliphatic heterocycles. The molecular formula is C20H19N3OS3. The van der Waals surface area contributed by atoms with Crippen molar-refractivity contribution >= 4 is 44.7 Å². The molecule has 0 amide bonds. The van der Waals surface area contributed by atoms with Crippen LogP contribution in [0.4, 0.5) is 0 Å². The summed E-state index contributed by atoms with van der Waals surface area (Å²) in [5.74, 6) is 1.28. The third-order valence-electron chi connectivity index (χ3n) is 4.39. The second-order valence-corrected chi connectivity index (χ2v) is 9.55. The van der Waals surface area contributed by atoms with Gasteiger partial charge >= 0.3 is 0 Å². The quantitative estimate of drug-likeness (QED) is 0.319. The molecule has 0 saturated carbocycles. The highest BCUT2D eigenvalue weighted by Gasteiger charge is 2.11. The van der Waals surface area contributed by atoms with Crippen molar-refractivity contribution < 1.29 is 0 Å². The van der Waals surface area contributed by atoms with Crippen LogP contribution in [0.1, 0.15) is 30.2 Å². The lowest BCUT2D eigenvalue weighted by atomic mass is 10.0. The van der Waals surface area contributed by atoms with Gasteiger partial charge in [-0.2, -0.15) is 0 Å². The maximum absolute atomic E-state index is 12.4. The molecule has 4 nitrogen and oxygen atoms in total. The molecule has 1 aromatic carbocycles. The molecule has 0 bridgehead atoms. The Bertz CT molecular complexity index is 1140. The van der Waals surface area contributed by atoms with E-state index in [0.717, 1.165) is 26.3 Å². The number of thiophene rings is 1. The predicted octanol–water partition coefficient (Wildman–Crippen LogP) is 5.53. The summed E-state index contributed by atoms with van der Waals surface area (Å²) in [7, 11) is 1.78. The Balaban J connectivity index is 1.52. The van der Waals surface area contributed by atoms with Gasteiger partial charge in [-0.1, -0.05) is 49.9 Å². The Morgan fingerprint density at radius 3 is 2.70 bits per heavy atom. The number of thioether (sulfide) groups is 1. The Kier molecular flexibility index (Phi) is 5.16. The minimum atomic E-state index is 0.0129. The highest BCUT2D eigenvalue weighted by Crippen LogP contribution is 2.30. The summed E-state index contributed by atoms with van der Waals surface area (Å²) in [6.45, 7) is 4.39. The van der Waals surface area contributed by atoms with Crippen molar-refractivity contribution in [3.8, 4) is 10.6 Å². The third-order valence-corrected chi connectivity index (χ3v) is 7.50. The molecule has 0 atom stereocenters. The average Bonchev–Trinajstić information content (AvgIpc) is 3.33. The van der Waals surface area contributed by atoms with Crippen LogP contribution in [-0.4, -0.2) is 14.5 Å². The van der Waals surface area contributed by atoms with Crippen LogP contribution in [0.3, 0.4) is 0 Å². The summed E-state index contributed by atoms with van der Waals surface area (Å²) in [4.78, 5) is 23.6. The van der Waals surface area contributed by atoms with Gasteiger partial charge in [0.05, 0.1) is 5.39 Å². The van der Waals surface area contributed by atoms with E-state index in [-0.39, 0.29) is 5.56 Å². The van der Waals surface area contributed by atoms with Crippen molar-refractivity contribution in [1.82, 2.24) is 14.5 Å². The average molecular weight is 414 g/mol. The fraction of sp³-hybridized carbons (Fsp3) is 0.250. The molecule has 0 radical (unpaired) electrons. The van der Waals surface area contributed by atoms with E-state index in [1.54, 1.807) is 34.7 Å². The summed E-state index contributed by atoms with van der Waals surface area (Å²) in [5, 5.41) is 4.37. The molecule has 0 aliphatic rings. The zero-order chi connectivity index (χ0) is 19.0. The molecule has 4 aromatic rings. The number of fused-ring (bicyclic) bond motifs is 1. The number of hydrogen-bond donors (Lipinski definition) is 0. The molecule has 3 aromatic heterocycles. The second-order valence-electron chi connectivity index (χ2n) is 6.60. The molecule has 3 heterocycles. The van der Waals surface area contributed by atoms with E-state index in [2.05, 4.69) is 48.1 Å². The van der Waals surface area contributed by atoms with E-state index in [0.29, 0.717) is 11.3 Å². The zero-order valence-corrected chi connectivity index (χ0v) is 17.8. The number of rotatable bonds is 5. The van der Waals surface area contributed by atoms with E-state index in [9.17, 15) is 4.79 Å². The van der Waals surface area contributed by atoms with Crippen molar-refractivity contribution in [2.75, 3.05) is 0 Å². The van der Waals surface area contributed by atoms with Crippen LogP contribution in [0.25, 0.3) is 20.8 Å². The molecule has 0 spiro atoms. The fourth-order valence-electron chi connectivity index (χ4n) is 2.76. The van der Waals surface area contributed by atoms with Crippen molar-refractivity contribution in [1.29, 1.82) is 0 Å². The lowest BCUT2D eigenvalue weighted by Crippen LogP contribution is -2.19. The Morgan fingerprint density at radius 1 is 1.19 bits per heavy atom. The molecule has 0 unspecified atom stereocenters.